The van der Waals surface area contributed by atoms with Crippen LogP contribution in [0.2, 0.25) is 15.1 Å². The molecule has 2 atom stereocenters. The SMILES string of the molecule is OC1CCOC(c2c(Cl)ccc(Cl)c2Cl)C1. The van der Waals surface area contributed by atoms with Crippen LogP contribution < -0.4 is 0 Å². The molecule has 1 aliphatic heterocycles. The number of aliphatic hydroxyl groups is 1. The highest BCUT2D eigenvalue weighted by Gasteiger charge is 2.26. The van der Waals surface area contributed by atoms with Crippen LogP contribution in [0.15, 0.2) is 12.1 Å². The molecular weight excluding hydrogens is 270 g/mol. The molecule has 2 rings (SSSR count). The summed E-state index contributed by atoms with van der Waals surface area (Å²) in [6.45, 7) is 0.505. The van der Waals surface area contributed by atoms with E-state index in [1.54, 1.807) is 12.1 Å². The van der Waals surface area contributed by atoms with Crippen molar-refractivity contribution in [3.05, 3.63) is 32.8 Å². The van der Waals surface area contributed by atoms with Crippen molar-refractivity contribution in [2.24, 2.45) is 0 Å². The maximum Gasteiger partial charge on any atom is 0.0879 e. The van der Waals surface area contributed by atoms with Gasteiger partial charge in [0.05, 0.1) is 22.3 Å². The minimum absolute atomic E-state index is 0.276. The molecule has 0 bridgehead atoms. The number of benzene rings is 1. The number of halogens is 3. The molecule has 1 N–H and O–H groups in total. The van der Waals surface area contributed by atoms with Gasteiger partial charge in [-0.25, -0.2) is 0 Å². The average Bonchev–Trinajstić information content (AvgIpc) is 2.24. The van der Waals surface area contributed by atoms with Crippen LogP contribution in [0.1, 0.15) is 24.5 Å². The van der Waals surface area contributed by atoms with Crippen molar-refractivity contribution < 1.29 is 9.84 Å². The summed E-state index contributed by atoms with van der Waals surface area (Å²) in [5.74, 6) is 0. The van der Waals surface area contributed by atoms with E-state index in [2.05, 4.69) is 0 Å². The molecule has 1 aromatic carbocycles. The van der Waals surface area contributed by atoms with Gasteiger partial charge in [-0.1, -0.05) is 34.8 Å². The van der Waals surface area contributed by atoms with Crippen LogP contribution in [0.4, 0.5) is 0 Å². The number of aliphatic hydroxyl groups excluding tert-OH is 1. The van der Waals surface area contributed by atoms with E-state index in [1.165, 1.54) is 0 Å². The van der Waals surface area contributed by atoms with Crippen LogP contribution in [0.5, 0.6) is 0 Å². The Labute approximate surface area is 109 Å². The number of hydrogen-bond acceptors (Lipinski definition) is 2. The minimum Gasteiger partial charge on any atom is -0.393 e. The van der Waals surface area contributed by atoms with Crippen molar-refractivity contribution in [2.45, 2.75) is 25.0 Å². The van der Waals surface area contributed by atoms with Gasteiger partial charge in [0.15, 0.2) is 0 Å². The van der Waals surface area contributed by atoms with Gasteiger partial charge >= 0.3 is 0 Å². The minimum atomic E-state index is -0.370. The van der Waals surface area contributed by atoms with E-state index < -0.39 is 0 Å². The van der Waals surface area contributed by atoms with Crippen molar-refractivity contribution in [3.8, 4) is 0 Å². The molecule has 0 saturated carbocycles. The van der Waals surface area contributed by atoms with Crippen molar-refractivity contribution in [1.82, 2.24) is 0 Å². The Morgan fingerprint density at radius 2 is 1.88 bits per heavy atom. The third-order valence-corrected chi connectivity index (χ3v) is 3.81. The summed E-state index contributed by atoms with van der Waals surface area (Å²) in [5.41, 5.74) is 0.676. The smallest absolute Gasteiger partial charge is 0.0879 e. The monoisotopic (exact) mass is 280 g/mol. The van der Waals surface area contributed by atoms with Crippen molar-refractivity contribution in [2.75, 3.05) is 6.61 Å². The van der Waals surface area contributed by atoms with E-state index in [4.69, 9.17) is 39.5 Å². The normalized spacial score (nSPS) is 25.8. The van der Waals surface area contributed by atoms with Crippen LogP contribution in [0.3, 0.4) is 0 Å². The summed E-state index contributed by atoms with van der Waals surface area (Å²) in [5, 5.41) is 11.0. The summed E-state index contributed by atoms with van der Waals surface area (Å²) in [6.07, 6.45) is 0.499. The molecule has 1 aliphatic rings. The lowest BCUT2D eigenvalue weighted by molar-refractivity contribution is -0.0446. The Bertz CT molecular complexity index is 395. The van der Waals surface area contributed by atoms with Crippen molar-refractivity contribution >= 4 is 34.8 Å². The molecule has 1 fully saturated rings. The Morgan fingerprint density at radius 3 is 2.56 bits per heavy atom. The standard InChI is InChI=1S/C11H11Cl3O2/c12-7-1-2-8(13)11(14)10(7)9-5-6(15)3-4-16-9/h1-2,6,9,15H,3-5H2. The largest absolute Gasteiger partial charge is 0.393 e. The molecule has 1 aromatic rings. The van der Waals surface area contributed by atoms with Gasteiger partial charge in [-0.05, 0) is 18.6 Å². The molecule has 16 heavy (non-hydrogen) atoms. The molecule has 0 radical (unpaired) electrons. The third kappa shape index (κ3) is 2.47. The van der Waals surface area contributed by atoms with Crippen LogP contribution in [0, 0.1) is 0 Å². The van der Waals surface area contributed by atoms with E-state index in [9.17, 15) is 5.11 Å². The first kappa shape index (κ1) is 12.5. The second-order valence-electron chi connectivity index (χ2n) is 3.79. The lowest BCUT2D eigenvalue weighted by Gasteiger charge is -2.28. The predicted molar refractivity (Wildman–Crippen MR) is 65.4 cm³/mol. The lowest BCUT2D eigenvalue weighted by atomic mass is 9.99. The fourth-order valence-electron chi connectivity index (χ4n) is 1.82. The first-order chi connectivity index (χ1) is 7.59. The van der Waals surface area contributed by atoms with Crippen LogP contribution >= 0.6 is 34.8 Å². The van der Waals surface area contributed by atoms with Gasteiger partial charge in [0, 0.05) is 23.6 Å². The van der Waals surface area contributed by atoms with Crippen LogP contribution in [0.25, 0.3) is 0 Å². The van der Waals surface area contributed by atoms with Gasteiger partial charge in [0.2, 0.25) is 0 Å². The van der Waals surface area contributed by atoms with E-state index in [-0.39, 0.29) is 12.2 Å². The van der Waals surface area contributed by atoms with E-state index in [1.807, 2.05) is 0 Å². The Morgan fingerprint density at radius 1 is 1.19 bits per heavy atom. The fraction of sp³-hybridized carbons (Fsp3) is 0.455. The third-order valence-electron chi connectivity index (χ3n) is 2.66. The fourth-order valence-corrected chi connectivity index (χ4v) is 2.60. The van der Waals surface area contributed by atoms with E-state index in [0.717, 1.165) is 0 Å². The summed E-state index contributed by atoms with van der Waals surface area (Å²) in [7, 11) is 0. The van der Waals surface area contributed by atoms with Crippen LogP contribution in [-0.2, 0) is 4.74 Å². The highest BCUT2D eigenvalue weighted by molar-refractivity contribution is 6.44. The summed E-state index contributed by atoms with van der Waals surface area (Å²) >= 11 is 18.1. The Hall–Kier alpha value is 0.01000. The number of ether oxygens (including phenoxy) is 1. The zero-order chi connectivity index (χ0) is 11.7. The Balaban J connectivity index is 2.35. The second-order valence-corrected chi connectivity index (χ2v) is 4.99. The zero-order valence-corrected chi connectivity index (χ0v) is 10.7. The molecule has 0 spiro atoms. The first-order valence-corrected chi connectivity index (χ1v) is 6.16. The topological polar surface area (TPSA) is 29.5 Å². The molecule has 1 saturated heterocycles. The first-order valence-electron chi connectivity index (χ1n) is 5.02. The van der Waals surface area contributed by atoms with Gasteiger partial charge in [0.25, 0.3) is 0 Å². The van der Waals surface area contributed by atoms with E-state index >= 15 is 0 Å². The van der Waals surface area contributed by atoms with Gasteiger partial charge in [-0.2, -0.15) is 0 Å². The maximum atomic E-state index is 9.59. The van der Waals surface area contributed by atoms with Gasteiger partial charge < -0.3 is 9.84 Å². The average molecular weight is 282 g/mol. The molecule has 2 unspecified atom stereocenters. The van der Waals surface area contributed by atoms with Gasteiger partial charge in [-0.3, -0.25) is 0 Å². The molecule has 0 amide bonds. The summed E-state index contributed by atoms with van der Waals surface area (Å²) in [4.78, 5) is 0. The molecule has 0 aromatic heterocycles. The highest BCUT2D eigenvalue weighted by atomic mass is 35.5. The zero-order valence-electron chi connectivity index (χ0n) is 8.42. The lowest BCUT2D eigenvalue weighted by Crippen LogP contribution is -2.23. The van der Waals surface area contributed by atoms with Gasteiger partial charge in [-0.15, -0.1) is 0 Å². The van der Waals surface area contributed by atoms with Crippen LogP contribution in [-0.4, -0.2) is 17.8 Å². The van der Waals surface area contributed by atoms with Crippen molar-refractivity contribution in [3.63, 3.8) is 0 Å². The Kier molecular flexibility index (Phi) is 3.98. The number of rotatable bonds is 1. The molecular formula is C11H11Cl3O2. The number of hydrogen-bond donors (Lipinski definition) is 1. The molecule has 1 heterocycles. The molecule has 5 heteroatoms. The predicted octanol–water partition coefficient (Wildman–Crippen LogP) is 3.86. The maximum absolute atomic E-state index is 9.59. The summed E-state index contributed by atoms with van der Waals surface area (Å²) in [6, 6.07) is 3.34. The molecule has 0 aliphatic carbocycles. The molecule has 88 valence electrons. The highest BCUT2D eigenvalue weighted by Crippen LogP contribution is 2.40. The summed E-state index contributed by atoms with van der Waals surface area (Å²) < 4.78 is 5.56. The molecule has 2 nitrogen and oxygen atoms in total. The van der Waals surface area contributed by atoms with Crippen molar-refractivity contribution in [1.29, 1.82) is 0 Å². The van der Waals surface area contributed by atoms with Gasteiger partial charge in [0.1, 0.15) is 0 Å². The quantitative estimate of drug-likeness (QED) is 0.792. The second kappa shape index (κ2) is 5.11. The van der Waals surface area contributed by atoms with E-state index in [0.29, 0.717) is 40.1 Å².